The van der Waals surface area contributed by atoms with Crippen LogP contribution in [0.15, 0.2) is 112 Å². The maximum atomic E-state index is 5.06. The maximum Gasteiger partial charge on any atom is 0.240 e. The minimum atomic E-state index is -0.154. The van der Waals surface area contributed by atoms with E-state index in [2.05, 4.69) is 74.5 Å². The number of nitrogens with zero attached hydrogens (tertiary/aromatic N) is 10. The zero-order valence-corrected chi connectivity index (χ0v) is 41.3. The molecule has 0 unspecified atom stereocenters. The summed E-state index contributed by atoms with van der Waals surface area (Å²) < 4.78 is 0. The summed E-state index contributed by atoms with van der Waals surface area (Å²) in [6.07, 6.45) is 37.3. The minimum absolute atomic E-state index is 0.154. The van der Waals surface area contributed by atoms with Gasteiger partial charge in [0.1, 0.15) is 35.0 Å². The fraction of sp³-hybridized carbons (Fsp3) is 0.509. The number of aliphatic imine (C=N–C) groups is 8. The first-order valence-electron chi connectivity index (χ1n) is 26.1. The van der Waals surface area contributed by atoms with Crippen molar-refractivity contribution in [3.05, 3.63) is 94.6 Å². The largest absolute Gasteiger partial charge is 0.245 e. The number of rotatable bonds is 24. The van der Waals surface area contributed by atoms with E-state index in [-0.39, 0.29) is 5.41 Å². The van der Waals surface area contributed by atoms with Crippen LogP contribution in [0.25, 0.3) is 22.3 Å². The Balaban J connectivity index is 1.08. The van der Waals surface area contributed by atoms with Gasteiger partial charge < -0.3 is 0 Å². The molecule has 350 valence electrons. The van der Waals surface area contributed by atoms with Crippen LogP contribution in [0.2, 0.25) is 0 Å². The lowest BCUT2D eigenvalue weighted by molar-refractivity contribution is 0.396. The molecule has 0 saturated carbocycles. The molecule has 7 aliphatic rings. The molecule has 67 heavy (non-hydrogen) atoms. The average molecular weight is 897 g/mol. The highest BCUT2D eigenvalue weighted by Gasteiger charge is 2.44. The Hall–Kier alpha value is -5.64. The third-order valence-electron chi connectivity index (χ3n) is 14.6. The quantitative estimate of drug-likeness (QED) is 0.0979. The SMILES string of the molecule is CCCCCCCCCCCCC1(CCCCCCCCCCCC)c2cc(C3=C4N=C(C)N=C5N=C(C)N=C(C=C3)N54)ccc2-c2ccc(C3=C4N=C(C)N=C5N=C(C)N=C(C=C3)N54)cc21. The highest BCUT2D eigenvalue weighted by molar-refractivity contribution is 6.23. The number of amidine groups is 6. The van der Waals surface area contributed by atoms with Crippen molar-refractivity contribution < 1.29 is 0 Å². The lowest BCUT2D eigenvalue weighted by atomic mass is 9.70. The Labute approximate surface area is 400 Å². The average Bonchev–Trinajstić information content (AvgIpc) is 3.57. The van der Waals surface area contributed by atoms with E-state index in [4.69, 9.17) is 39.9 Å². The number of fused-ring (bicyclic) bond motifs is 3. The molecule has 0 atom stereocenters. The summed E-state index contributed by atoms with van der Waals surface area (Å²) in [6, 6.07) is 14.5. The number of hydrogen-bond donors (Lipinski definition) is 0. The van der Waals surface area contributed by atoms with Gasteiger partial charge in [-0.2, -0.15) is 20.0 Å². The second-order valence-corrected chi connectivity index (χ2v) is 19.7. The van der Waals surface area contributed by atoms with E-state index < -0.39 is 0 Å². The van der Waals surface area contributed by atoms with Crippen LogP contribution in [-0.4, -0.2) is 56.7 Å². The monoisotopic (exact) mass is 897 g/mol. The fourth-order valence-corrected chi connectivity index (χ4v) is 11.2. The first-order chi connectivity index (χ1) is 32.8. The predicted octanol–water partition coefficient (Wildman–Crippen LogP) is 14.9. The summed E-state index contributed by atoms with van der Waals surface area (Å²) in [4.78, 5) is 42.7. The van der Waals surface area contributed by atoms with Gasteiger partial charge in [0.05, 0.1) is 0 Å². The van der Waals surface area contributed by atoms with Crippen molar-refractivity contribution >= 4 is 58.1 Å². The number of allylic oxidation sites excluding steroid dienone is 4. The van der Waals surface area contributed by atoms with E-state index >= 15 is 0 Å². The van der Waals surface area contributed by atoms with Crippen LogP contribution in [-0.2, 0) is 5.41 Å². The molecule has 0 radical (unpaired) electrons. The Morgan fingerprint density at radius 3 is 1.13 bits per heavy atom. The van der Waals surface area contributed by atoms with Crippen LogP contribution in [0.5, 0.6) is 0 Å². The van der Waals surface area contributed by atoms with Crippen molar-refractivity contribution in [1.29, 1.82) is 0 Å². The number of guanidine groups is 2. The second kappa shape index (κ2) is 21.1. The van der Waals surface area contributed by atoms with Gasteiger partial charge in [-0.05, 0) is 110 Å². The summed E-state index contributed by atoms with van der Waals surface area (Å²) in [6.45, 7) is 12.4. The minimum Gasteiger partial charge on any atom is -0.245 e. The molecule has 0 saturated heterocycles. The molecule has 2 aromatic rings. The molecule has 0 fully saturated rings. The molecule has 6 aliphatic heterocycles. The zero-order valence-electron chi connectivity index (χ0n) is 41.3. The van der Waals surface area contributed by atoms with Crippen LogP contribution in [0.4, 0.5) is 0 Å². The van der Waals surface area contributed by atoms with E-state index in [1.807, 2.05) is 37.5 Å². The normalized spacial score (nSPS) is 18.4. The van der Waals surface area contributed by atoms with Crippen molar-refractivity contribution in [3.8, 4) is 11.1 Å². The van der Waals surface area contributed by atoms with Gasteiger partial charge in [-0.15, -0.1) is 0 Å². The summed E-state index contributed by atoms with van der Waals surface area (Å²) >= 11 is 0. The van der Waals surface area contributed by atoms with Gasteiger partial charge in [-0.25, -0.2) is 29.8 Å². The highest BCUT2D eigenvalue weighted by Crippen LogP contribution is 2.56. The maximum absolute atomic E-state index is 5.06. The third kappa shape index (κ3) is 9.86. The second-order valence-electron chi connectivity index (χ2n) is 19.7. The Morgan fingerprint density at radius 2 is 0.746 bits per heavy atom. The summed E-state index contributed by atoms with van der Waals surface area (Å²) in [5.74, 6) is 7.41. The summed E-state index contributed by atoms with van der Waals surface area (Å²) in [7, 11) is 0. The Kier molecular flexibility index (Phi) is 14.6. The first-order valence-corrected chi connectivity index (χ1v) is 26.1. The van der Waals surface area contributed by atoms with Crippen molar-refractivity contribution in [3.63, 3.8) is 0 Å². The van der Waals surface area contributed by atoms with Gasteiger partial charge in [0.25, 0.3) is 0 Å². The molecule has 10 heteroatoms. The molecule has 9 rings (SSSR count). The number of hydrogen-bond acceptors (Lipinski definition) is 10. The van der Waals surface area contributed by atoms with Gasteiger partial charge in [0.2, 0.25) is 11.9 Å². The van der Waals surface area contributed by atoms with Gasteiger partial charge in [-0.1, -0.05) is 167 Å². The lowest BCUT2D eigenvalue weighted by Gasteiger charge is -2.35. The standard InChI is InChI=1S/C57H72N10/c1-7-9-11-13-15-17-19-21-23-25-35-57(36-26-24-22-20-18-16-14-12-10-8-2)49-37-43(45-31-33-51-58-39(3)62-55-64-41(5)60-53(45)66(51)55)27-29-47(49)48-30-28-44(38-50(48)57)46-32-34-52-59-40(4)63-56-65-42(6)61-54(46)67(52)56/h27-34,37-38H,7-26,35-36H2,1-6H3. The molecule has 2 aromatic carbocycles. The molecule has 0 bridgehead atoms. The molecule has 0 amide bonds. The van der Waals surface area contributed by atoms with Crippen LogP contribution in [0, 0.1) is 0 Å². The van der Waals surface area contributed by atoms with E-state index in [0.717, 1.165) is 47.3 Å². The molecule has 10 nitrogen and oxygen atoms in total. The number of benzene rings is 2. The smallest absolute Gasteiger partial charge is 0.240 e. The molecule has 0 N–H and O–H groups in total. The van der Waals surface area contributed by atoms with E-state index in [0.29, 0.717) is 35.3 Å². The topological polar surface area (TPSA) is 105 Å². The van der Waals surface area contributed by atoms with E-state index in [1.165, 1.54) is 162 Å². The fourth-order valence-electron chi connectivity index (χ4n) is 11.2. The van der Waals surface area contributed by atoms with Gasteiger partial charge in [0, 0.05) is 16.6 Å². The number of unbranched alkanes of at least 4 members (excludes halogenated alkanes) is 18. The van der Waals surface area contributed by atoms with Gasteiger partial charge >= 0.3 is 0 Å². The van der Waals surface area contributed by atoms with Crippen molar-refractivity contribution in [2.24, 2.45) is 39.9 Å². The van der Waals surface area contributed by atoms with Crippen molar-refractivity contribution in [2.75, 3.05) is 0 Å². The molecule has 6 heterocycles. The van der Waals surface area contributed by atoms with Crippen LogP contribution in [0.1, 0.15) is 205 Å². The van der Waals surface area contributed by atoms with Crippen molar-refractivity contribution in [2.45, 2.75) is 188 Å². The molecule has 1 aliphatic carbocycles. The van der Waals surface area contributed by atoms with Crippen LogP contribution < -0.4 is 0 Å². The Bertz CT molecular complexity index is 2440. The van der Waals surface area contributed by atoms with E-state index in [1.54, 1.807) is 0 Å². The molecule has 0 aromatic heterocycles. The van der Waals surface area contributed by atoms with Crippen molar-refractivity contribution in [1.82, 2.24) is 9.80 Å². The first kappa shape index (κ1) is 46.5. The highest BCUT2D eigenvalue weighted by atomic mass is 15.4. The van der Waals surface area contributed by atoms with Crippen LogP contribution >= 0.6 is 0 Å². The zero-order chi connectivity index (χ0) is 46.3. The summed E-state index contributed by atoms with van der Waals surface area (Å²) in [5.41, 5.74) is 9.96. The van der Waals surface area contributed by atoms with Crippen LogP contribution in [0.3, 0.4) is 0 Å². The van der Waals surface area contributed by atoms with Gasteiger partial charge in [0.15, 0.2) is 11.6 Å². The molecular weight excluding hydrogens is 825 g/mol. The van der Waals surface area contributed by atoms with E-state index in [9.17, 15) is 0 Å². The lowest BCUT2D eigenvalue weighted by Crippen LogP contribution is -2.41. The third-order valence-corrected chi connectivity index (χ3v) is 14.6. The molecule has 0 spiro atoms. The van der Waals surface area contributed by atoms with Gasteiger partial charge in [-0.3, -0.25) is 0 Å². The Morgan fingerprint density at radius 1 is 0.388 bits per heavy atom. The summed E-state index contributed by atoms with van der Waals surface area (Å²) in [5, 5.41) is 0. The molecular formula is C57H72N10. The predicted molar refractivity (Wildman–Crippen MR) is 284 cm³/mol.